The molecule has 0 aromatic heterocycles. The zero-order valence-electron chi connectivity index (χ0n) is 8.75. The van der Waals surface area contributed by atoms with Crippen LogP contribution in [-0.4, -0.2) is 54.9 Å². The van der Waals surface area contributed by atoms with Crippen LogP contribution in [0.1, 0.15) is 20.3 Å². The Hall–Kier alpha value is -0.410. The van der Waals surface area contributed by atoms with Gasteiger partial charge in [0.15, 0.2) is 0 Å². The van der Waals surface area contributed by atoms with Crippen molar-refractivity contribution in [2.24, 2.45) is 0 Å². The van der Waals surface area contributed by atoms with Gasteiger partial charge in [-0.15, -0.1) is 0 Å². The SMILES string of the molecule is CCN1CCN(CCC(C)=O)CC1. The summed E-state index contributed by atoms with van der Waals surface area (Å²) in [5, 5.41) is 0. The number of carbonyl (C=O) groups is 1. The zero-order valence-corrected chi connectivity index (χ0v) is 8.75. The largest absolute Gasteiger partial charge is 0.301 e. The molecule has 0 radical (unpaired) electrons. The first kappa shape index (κ1) is 10.7. The normalized spacial score (nSPS) is 20.5. The van der Waals surface area contributed by atoms with Crippen LogP contribution in [0.3, 0.4) is 0 Å². The molecule has 0 unspecified atom stereocenters. The molecule has 1 aliphatic heterocycles. The summed E-state index contributed by atoms with van der Waals surface area (Å²) < 4.78 is 0. The molecule has 0 saturated carbocycles. The summed E-state index contributed by atoms with van der Waals surface area (Å²) in [6, 6.07) is 0. The summed E-state index contributed by atoms with van der Waals surface area (Å²) in [6.45, 7) is 10.5. The van der Waals surface area contributed by atoms with E-state index in [0.717, 1.165) is 39.3 Å². The Morgan fingerprint density at radius 1 is 1.15 bits per heavy atom. The average Bonchev–Trinajstić information content (AvgIpc) is 2.15. The van der Waals surface area contributed by atoms with E-state index in [2.05, 4.69) is 16.7 Å². The van der Waals surface area contributed by atoms with Crippen LogP contribution in [0.25, 0.3) is 0 Å². The van der Waals surface area contributed by atoms with Gasteiger partial charge in [-0.05, 0) is 13.5 Å². The van der Waals surface area contributed by atoms with Gasteiger partial charge in [0.05, 0.1) is 0 Å². The third-order valence-corrected chi connectivity index (χ3v) is 2.69. The van der Waals surface area contributed by atoms with Crippen molar-refractivity contribution in [1.82, 2.24) is 9.80 Å². The van der Waals surface area contributed by atoms with Crippen LogP contribution in [-0.2, 0) is 4.79 Å². The van der Waals surface area contributed by atoms with Crippen LogP contribution in [0.4, 0.5) is 0 Å². The number of hydrogen-bond donors (Lipinski definition) is 0. The Morgan fingerprint density at radius 3 is 2.15 bits per heavy atom. The van der Waals surface area contributed by atoms with Gasteiger partial charge < -0.3 is 9.80 Å². The highest BCUT2D eigenvalue weighted by molar-refractivity contribution is 5.75. The number of likely N-dealkylation sites (N-methyl/N-ethyl adjacent to an activating group) is 1. The van der Waals surface area contributed by atoms with Gasteiger partial charge in [-0.1, -0.05) is 6.92 Å². The minimum atomic E-state index is 0.304. The van der Waals surface area contributed by atoms with Crippen molar-refractivity contribution in [1.29, 1.82) is 0 Å². The predicted molar refractivity (Wildman–Crippen MR) is 53.9 cm³/mol. The maximum atomic E-state index is 10.8. The number of Topliss-reactive ketones (excluding diaryl/α,β-unsaturated/α-hetero) is 1. The zero-order chi connectivity index (χ0) is 9.68. The molecule has 0 amide bonds. The predicted octanol–water partition coefficient (Wildman–Crippen LogP) is 0.603. The smallest absolute Gasteiger partial charge is 0.131 e. The Balaban J connectivity index is 2.14. The third kappa shape index (κ3) is 3.87. The lowest BCUT2D eigenvalue weighted by molar-refractivity contribution is -0.117. The van der Waals surface area contributed by atoms with Gasteiger partial charge in [0.2, 0.25) is 0 Å². The van der Waals surface area contributed by atoms with Gasteiger partial charge in [-0.25, -0.2) is 0 Å². The van der Waals surface area contributed by atoms with Gasteiger partial charge >= 0.3 is 0 Å². The summed E-state index contributed by atoms with van der Waals surface area (Å²) in [4.78, 5) is 15.6. The van der Waals surface area contributed by atoms with Crippen LogP contribution in [0.15, 0.2) is 0 Å². The van der Waals surface area contributed by atoms with Crippen molar-refractivity contribution in [2.75, 3.05) is 39.3 Å². The molecule has 0 spiro atoms. The fraction of sp³-hybridized carbons (Fsp3) is 0.900. The molecule has 1 rings (SSSR count). The first-order valence-corrected chi connectivity index (χ1v) is 5.16. The average molecular weight is 184 g/mol. The summed E-state index contributed by atoms with van der Waals surface area (Å²) in [5.74, 6) is 0.304. The van der Waals surface area contributed by atoms with E-state index in [4.69, 9.17) is 0 Å². The number of hydrogen-bond acceptors (Lipinski definition) is 3. The molecule has 0 bridgehead atoms. The van der Waals surface area contributed by atoms with Crippen LogP contribution in [0.5, 0.6) is 0 Å². The molecule has 0 aliphatic carbocycles. The molecule has 0 aromatic rings. The first-order valence-electron chi connectivity index (χ1n) is 5.16. The molecular weight excluding hydrogens is 164 g/mol. The molecule has 1 heterocycles. The first-order chi connectivity index (χ1) is 6.22. The van der Waals surface area contributed by atoms with Gasteiger partial charge in [0, 0.05) is 39.1 Å². The molecule has 76 valence electrons. The fourth-order valence-corrected chi connectivity index (χ4v) is 1.64. The van der Waals surface area contributed by atoms with Crippen LogP contribution in [0, 0.1) is 0 Å². The maximum absolute atomic E-state index is 10.8. The molecule has 3 nitrogen and oxygen atoms in total. The highest BCUT2D eigenvalue weighted by Gasteiger charge is 2.14. The van der Waals surface area contributed by atoms with E-state index in [1.54, 1.807) is 6.92 Å². The maximum Gasteiger partial charge on any atom is 0.131 e. The van der Waals surface area contributed by atoms with Crippen molar-refractivity contribution in [3.05, 3.63) is 0 Å². The number of carbonyl (C=O) groups excluding carboxylic acids is 1. The molecule has 0 N–H and O–H groups in total. The van der Waals surface area contributed by atoms with E-state index in [1.807, 2.05) is 0 Å². The number of piperazine rings is 1. The van der Waals surface area contributed by atoms with E-state index in [9.17, 15) is 4.79 Å². The second-order valence-corrected chi connectivity index (χ2v) is 3.73. The van der Waals surface area contributed by atoms with Gasteiger partial charge in [-0.3, -0.25) is 4.79 Å². The van der Waals surface area contributed by atoms with Crippen molar-refractivity contribution >= 4 is 5.78 Å². The minimum absolute atomic E-state index is 0.304. The molecule has 3 heteroatoms. The molecule has 0 atom stereocenters. The molecule has 1 saturated heterocycles. The van der Waals surface area contributed by atoms with E-state index >= 15 is 0 Å². The van der Waals surface area contributed by atoms with Crippen LogP contribution in [0.2, 0.25) is 0 Å². The van der Waals surface area contributed by atoms with Crippen molar-refractivity contribution in [3.8, 4) is 0 Å². The van der Waals surface area contributed by atoms with E-state index in [-0.39, 0.29) is 0 Å². The second kappa shape index (κ2) is 5.35. The van der Waals surface area contributed by atoms with E-state index in [0.29, 0.717) is 12.2 Å². The second-order valence-electron chi connectivity index (χ2n) is 3.73. The molecular formula is C10H20N2O. The van der Waals surface area contributed by atoms with E-state index < -0.39 is 0 Å². The Kier molecular flexibility index (Phi) is 4.39. The Bertz CT molecular complexity index is 162. The number of ketones is 1. The van der Waals surface area contributed by atoms with Crippen molar-refractivity contribution < 1.29 is 4.79 Å². The lowest BCUT2D eigenvalue weighted by atomic mass is 10.2. The van der Waals surface area contributed by atoms with Crippen molar-refractivity contribution in [3.63, 3.8) is 0 Å². The number of nitrogens with zero attached hydrogens (tertiary/aromatic N) is 2. The summed E-state index contributed by atoms with van der Waals surface area (Å²) in [6.07, 6.45) is 0.714. The van der Waals surface area contributed by atoms with E-state index in [1.165, 1.54) is 0 Å². The van der Waals surface area contributed by atoms with Crippen molar-refractivity contribution in [2.45, 2.75) is 20.3 Å². The van der Waals surface area contributed by atoms with Crippen LogP contribution >= 0.6 is 0 Å². The fourth-order valence-electron chi connectivity index (χ4n) is 1.64. The number of rotatable bonds is 4. The summed E-state index contributed by atoms with van der Waals surface area (Å²) >= 11 is 0. The monoisotopic (exact) mass is 184 g/mol. The van der Waals surface area contributed by atoms with Gasteiger partial charge in [0.25, 0.3) is 0 Å². The van der Waals surface area contributed by atoms with Gasteiger partial charge in [0.1, 0.15) is 5.78 Å². The molecule has 0 aromatic carbocycles. The highest BCUT2D eigenvalue weighted by Crippen LogP contribution is 2.01. The lowest BCUT2D eigenvalue weighted by Crippen LogP contribution is -2.46. The summed E-state index contributed by atoms with van der Waals surface area (Å²) in [7, 11) is 0. The lowest BCUT2D eigenvalue weighted by Gasteiger charge is -2.33. The van der Waals surface area contributed by atoms with Gasteiger partial charge in [-0.2, -0.15) is 0 Å². The Morgan fingerprint density at radius 2 is 1.69 bits per heavy atom. The minimum Gasteiger partial charge on any atom is -0.301 e. The molecule has 1 aliphatic rings. The Labute approximate surface area is 80.7 Å². The molecule has 1 fully saturated rings. The third-order valence-electron chi connectivity index (χ3n) is 2.69. The quantitative estimate of drug-likeness (QED) is 0.639. The van der Waals surface area contributed by atoms with Crippen LogP contribution < -0.4 is 0 Å². The standard InChI is InChI=1S/C10H20N2O/c1-3-11-6-8-12(9-7-11)5-4-10(2)13/h3-9H2,1-2H3. The summed E-state index contributed by atoms with van der Waals surface area (Å²) in [5.41, 5.74) is 0. The topological polar surface area (TPSA) is 23.6 Å². The highest BCUT2D eigenvalue weighted by atomic mass is 16.1. The molecule has 13 heavy (non-hydrogen) atoms.